The van der Waals surface area contributed by atoms with E-state index in [-0.39, 0.29) is 5.56 Å². The number of aliphatic hydroxyl groups is 2. The van der Waals surface area contributed by atoms with Gasteiger partial charge in [-0.25, -0.2) is 4.79 Å². The van der Waals surface area contributed by atoms with Crippen LogP contribution in [0.1, 0.15) is 12.5 Å². The van der Waals surface area contributed by atoms with Crippen molar-refractivity contribution in [1.29, 1.82) is 0 Å². The van der Waals surface area contributed by atoms with Gasteiger partial charge in [0.05, 0.1) is 0 Å². The Morgan fingerprint density at radius 3 is 2.71 bits per heavy atom. The lowest BCUT2D eigenvalue weighted by molar-refractivity contribution is -0.162. The normalized spacial score (nSPS) is 17.1. The number of carbonyl (C=O) groups is 1. The van der Waals surface area contributed by atoms with Crippen molar-refractivity contribution in [3.8, 4) is 0 Å². The summed E-state index contributed by atoms with van der Waals surface area (Å²) in [4.78, 5) is 14.2. The van der Waals surface area contributed by atoms with Crippen molar-refractivity contribution in [2.24, 2.45) is 0 Å². The van der Waals surface area contributed by atoms with Crippen LogP contribution in [0.15, 0.2) is 24.5 Å². The van der Waals surface area contributed by atoms with Gasteiger partial charge in [-0.3, -0.25) is 4.98 Å². The van der Waals surface area contributed by atoms with Gasteiger partial charge >= 0.3 is 5.97 Å². The van der Waals surface area contributed by atoms with Gasteiger partial charge in [-0.15, -0.1) is 0 Å². The Kier molecular flexibility index (Phi) is 2.83. The second-order valence-electron chi connectivity index (χ2n) is 3.13. The third kappa shape index (κ3) is 1.89. The van der Waals surface area contributed by atoms with E-state index in [1.54, 1.807) is 6.07 Å². The Morgan fingerprint density at radius 1 is 1.64 bits per heavy atom. The summed E-state index contributed by atoms with van der Waals surface area (Å²) in [5.41, 5.74) is -1.57. The van der Waals surface area contributed by atoms with E-state index < -0.39 is 17.7 Å². The first kappa shape index (κ1) is 10.6. The first-order valence-electron chi connectivity index (χ1n) is 4.00. The molecule has 0 spiro atoms. The second-order valence-corrected chi connectivity index (χ2v) is 3.13. The fraction of sp³-hybridized carbons (Fsp3) is 0.333. The maximum Gasteiger partial charge on any atom is 0.335 e. The van der Waals surface area contributed by atoms with E-state index in [4.69, 9.17) is 5.11 Å². The van der Waals surface area contributed by atoms with E-state index in [0.717, 1.165) is 0 Å². The number of pyridine rings is 1. The summed E-state index contributed by atoms with van der Waals surface area (Å²) in [6, 6.07) is 3.05. The molecule has 5 nitrogen and oxygen atoms in total. The van der Waals surface area contributed by atoms with Crippen LogP contribution >= 0.6 is 0 Å². The monoisotopic (exact) mass is 197 g/mol. The molecule has 0 aliphatic carbocycles. The zero-order valence-corrected chi connectivity index (χ0v) is 7.58. The van der Waals surface area contributed by atoms with E-state index in [0.29, 0.717) is 0 Å². The number of rotatable bonds is 3. The minimum Gasteiger partial charge on any atom is -0.479 e. The summed E-state index contributed by atoms with van der Waals surface area (Å²) < 4.78 is 0. The topological polar surface area (TPSA) is 90.7 Å². The lowest BCUT2D eigenvalue weighted by Gasteiger charge is -2.26. The minimum atomic E-state index is -1.87. The smallest absolute Gasteiger partial charge is 0.335 e. The first-order chi connectivity index (χ1) is 6.46. The highest BCUT2D eigenvalue weighted by Crippen LogP contribution is 2.23. The lowest BCUT2D eigenvalue weighted by atomic mass is 9.91. The molecular formula is C9H11NO4. The third-order valence-electron chi connectivity index (χ3n) is 2.01. The minimum absolute atomic E-state index is 0.259. The third-order valence-corrected chi connectivity index (χ3v) is 2.01. The van der Waals surface area contributed by atoms with Gasteiger partial charge in [0.25, 0.3) is 0 Å². The molecule has 0 aliphatic rings. The van der Waals surface area contributed by atoms with Crippen LogP contribution in [0.5, 0.6) is 0 Å². The molecule has 1 aromatic rings. The number of hydrogen-bond acceptors (Lipinski definition) is 4. The van der Waals surface area contributed by atoms with Crippen molar-refractivity contribution in [3.05, 3.63) is 30.1 Å². The molecule has 2 atom stereocenters. The summed E-state index contributed by atoms with van der Waals surface area (Å²) in [5.74, 6) is -1.47. The summed E-state index contributed by atoms with van der Waals surface area (Å²) >= 11 is 0. The van der Waals surface area contributed by atoms with Crippen molar-refractivity contribution >= 4 is 5.97 Å². The van der Waals surface area contributed by atoms with E-state index in [9.17, 15) is 15.0 Å². The van der Waals surface area contributed by atoms with E-state index in [2.05, 4.69) is 4.98 Å². The molecule has 0 radical (unpaired) electrons. The van der Waals surface area contributed by atoms with Gasteiger partial charge < -0.3 is 15.3 Å². The SMILES string of the molecule is CC(O)(c1cccnc1)C(O)C(=O)O. The molecule has 0 saturated carbocycles. The molecule has 1 aromatic heterocycles. The second kappa shape index (κ2) is 3.73. The molecular weight excluding hydrogens is 186 g/mol. The van der Waals surface area contributed by atoms with Crippen molar-refractivity contribution in [3.63, 3.8) is 0 Å². The number of aromatic nitrogens is 1. The zero-order valence-electron chi connectivity index (χ0n) is 7.58. The average molecular weight is 197 g/mol. The Hall–Kier alpha value is -1.46. The Balaban J connectivity index is 3.02. The first-order valence-corrected chi connectivity index (χ1v) is 4.00. The van der Waals surface area contributed by atoms with Gasteiger partial charge in [-0.05, 0) is 13.0 Å². The quantitative estimate of drug-likeness (QED) is 0.620. The molecule has 2 unspecified atom stereocenters. The fourth-order valence-electron chi connectivity index (χ4n) is 1.06. The summed E-state index contributed by atoms with van der Waals surface area (Å²) in [6.07, 6.45) is 0.936. The van der Waals surface area contributed by atoms with Gasteiger partial charge in [-0.1, -0.05) is 6.07 Å². The van der Waals surface area contributed by atoms with E-state index in [1.807, 2.05) is 0 Å². The van der Waals surface area contributed by atoms with E-state index in [1.165, 1.54) is 25.4 Å². The van der Waals surface area contributed by atoms with Crippen LogP contribution in [0.4, 0.5) is 0 Å². The Labute approximate surface area is 80.7 Å². The predicted octanol–water partition coefficient (Wildman–Crippen LogP) is -0.265. The standard InChI is InChI=1S/C9H11NO4/c1-9(14,7(11)8(12)13)6-3-2-4-10-5-6/h2-5,7,11,14H,1H3,(H,12,13). The molecule has 1 heterocycles. The molecule has 0 aromatic carbocycles. The van der Waals surface area contributed by atoms with Gasteiger partial charge in [0.15, 0.2) is 6.10 Å². The van der Waals surface area contributed by atoms with Crippen LogP contribution in [0.3, 0.4) is 0 Å². The molecule has 0 saturated heterocycles. The number of aliphatic carboxylic acids is 1. The van der Waals surface area contributed by atoms with Crippen molar-refractivity contribution in [1.82, 2.24) is 4.98 Å². The maximum atomic E-state index is 10.5. The van der Waals surface area contributed by atoms with Crippen LogP contribution in [0, 0.1) is 0 Å². The number of aliphatic hydroxyl groups excluding tert-OH is 1. The molecule has 0 bridgehead atoms. The van der Waals surface area contributed by atoms with Crippen LogP contribution in [0.2, 0.25) is 0 Å². The fourth-order valence-corrected chi connectivity index (χ4v) is 1.06. The van der Waals surface area contributed by atoms with Crippen LogP contribution in [-0.2, 0) is 10.4 Å². The Morgan fingerprint density at radius 2 is 2.29 bits per heavy atom. The summed E-state index contributed by atoms with van der Waals surface area (Å²) in [7, 11) is 0. The Bertz CT molecular complexity index is 323. The van der Waals surface area contributed by atoms with Gasteiger partial charge in [0.2, 0.25) is 0 Å². The van der Waals surface area contributed by atoms with Crippen molar-refractivity contribution in [2.45, 2.75) is 18.6 Å². The lowest BCUT2D eigenvalue weighted by Crippen LogP contribution is -2.42. The highest BCUT2D eigenvalue weighted by atomic mass is 16.4. The van der Waals surface area contributed by atoms with Crippen LogP contribution in [-0.4, -0.2) is 32.4 Å². The predicted molar refractivity (Wildman–Crippen MR) is 47.5 cm³/mol. The highest BCUT2D eigenvalue weighted by molar-refractivity contribution is 5.73. The molecule has 1 rings (SSSR count). The van der Waals surface area contributed by atoms with Crippen molar-refractivity contribution in [2.75, 3.05) is 0 Å². The molecule has 0 aliphatic heterocycles. The molecule has 0 fully saturated rings. The van der Waals surface area contributed by atoms with Gasteiger partial charge in [0.1, 0.15) is 5.60 Å². The van der Waals surface area contributed by atoms with Gasteiger partial charge in [0, 0.05) is 18.0 Å². The molecule has 5 heteroatoms. The average Bonchev–Trinajstić information content (AvgIpc) is 2.18. The zero-order chi connectivity index (χ0) is 10.8. The summed E-state index contributed by atoms with van der Waals surface area (Å²) in [5, 5.41) is 27.5. The number of carboxylic acids is 1. The molecule has 3 N–H and O–H groups in total. The van der Waals surface area contributed by atoms with E-state index >= 15 is 0 Å². The number of carboxylic acid groups (broad SMARTS) is 1. The molecule has 0 amide bonds. The van der Waals surface area contributed by atoms with Crippen molar-refractivity contribution < 1.29 is 20.1 Å². The summed E-state index contributed by atoms with van der Waals surface area (Å²) in [6.45, 7) is 1.23. The van der Waals surface area contributed by atoms with Crippen LogP contribution in [0.25, 0.3) is 0 Å². The maximum absolute atomic E-state index is 10.5. The number of nitrogens with zero attached hydrogens (tertiary/aromatic N) is 1. The highest BCUT2D eigenvalue weighted by Gasteiger charge is 2.37. The van der Waals surface area contributed by atoms with Crippen LogP contribution < -0.4 is 0 Å². The largest absolute Gasteiger partial charge is 0.479 e. The molecule has 76 valence electrons. The number of hydrogen-bond donors (Lipinski definition) is 3. The molecule has 14 heavy (non-hydrogen) atoms. The van der Waals surface area contributed by atoms with Gasteiger partial charge in [-0.2, -0.15) is 0 Å².